The minimum atomic E-state index is -3.87. The SMILES string of the molecule is CNS(=O)(=O)c1ccc(C(=O)Nc2ccccc2NS(=O)(=O)c2ccccc2)o1. The number of nitrogens with one attached hydrogen (secondary N) is 3. The largest absolute Gasteiger partial charge is 0.438 e. The summed E-state index contributed by atoms with van der Waals surface area (Å²) in [5, 5.41) is 2.10. The summed E-state index contributed by atoms with van der Waals surface area (Å²) in [6, 6.07) is 16.3. The smallest absolute Gasteiger partial charge is 0.291 e. The summed E-state index contributed by atoms with van der Waals surface area (Å²) in [6.45, 7) is 0. The third-order valence-corrected chi connectivity index (χ3v) is 6.48. The van der Waals surface area contributed by atoms with Gasteiger partial charge in [-0.25, -0.2) is 21.6 Å². The molecule has 1 amide bonds. The van der Waals surface area contributed by atoms with Gasteiger partial charge in [0.15, 0.2) is 5.76 Å². The molecule has 0 spiro atoms. The zero-order chi connectivity index (χ0) is 21.1. The topological polar surface area (TPSA) is 135 Å². The van der Waals surface area contributed by atoms with Crippen LogP contribution in [-0.4, -0.2) is 29.8 Å². The van der Waals surface area contributed by atoms with Gasteiger partial charge in [0.1, 0.15) is 0 Å². The standard InChI is InChI=1S/C18H17N3O6S2/c1-19-29(25,26)17-12-11-16(27-17)18(22)20-14-9-5-6-10-15(14)21-28(23,24)13-7-3-2-4-8-13/h2-12,19,21H,1H3,(H,20,22). The van der Waals surface area contributed by atoms with Gasteiger partial charge in [-0.15, -0.1) is 0 Å². The van der Waals surface area contributed by atoms with Crippen molar-refractivity contribution in [3.63, 3.8) is 0 Å². The molecule has 0 aliphatic carbocycles. The average molecular weight is 435 g/mol. The lowest BCUT2D eigenvalue weighted by Gasteiger charge is -2.13. The van der Waals surface area contributed by atoms with E-state index in [0.717, 1.165) is 6.07 Å². The van der Waals surface area contributed by atoms with Crippen LogP contribution in [0.4, 0.5) is 11.4 Å². The molecule has 11 heteroatoms. The first kappa shape index (κ1) is 20.6. The number of rotatable bonds is 7. The van der Waals surface area contributed by atoms with Crippen molar-refractivity contribution in [2.75, 3.05) is 17.1 Å². The van der Waals surface area contributed by atoms with Gasteiger partial charge in [0.2, 0.25) is 5.09 Å². The molecule has 0 unspecified atom stereocenters. The third kappa shape index (κ3) is 4.65. The number of furan rings is 1. The Bertz CT molecular complexity index is 1240. The van der Waals surface area contributed by atoms with Gasteiger partial charge in [0, 0.05) is 0 Å². The highest BCUT2D eigenvalue weighted by atomic mass is 32.2. The molecule has 3 rings (SSSR count). The van der Waals surface area contributed by atoms with Crippen LogP contribution in [0.3, 0.4) is 0 Å². The number of carbonyl (C=O) groups is 1. The summed E-state index contributed by atoms with van der Waals surface area (Å²) in [7, 11) is -6.49. The maximum absolute atomic E-state index is 12.5. The molecule has 0 aliphatic heterocycles. The minimum Gasteiger partial charge on any atom is -0.438 e. The third-order valence-electron chi connectivity index (χ3n) is 3.81. The summed E-state index contributed by atoms with van der Waals surface area (Å²) in [5.74, 6) is -0.992. The van der Waals surface area contributed by atoms with Gasteiger partial charge < -0.3 is 9.73 Å². The Hall–Kier alpha value is -3.15. The fraction of sp³-hybridized carbons (Fsp3) is 0.0556. The van der Waals surface area contributed by atoms with E-state index >= 15 is 0 Å². The molecule has 0 fully saturated rings. The Morgan fingerprint density at radius 1 is 0.793 bits per heavy atom. The average Bonchev–Trinajstić information content (AvgIpc) is 3.21. The Morgan fingerprint density at radius 2 is 1.41 bits per heavy atom. The fourth-order valence-electron chi connectivity index (χ4n) is 2.36. The second kappa shape index (κ2) is 8.07. The van der Waals surface area contributed by atoms with Crippen LogP contribution in [-0.2, 0) is 20.0 Å². The number of para-hydroxylation sites is 2. The van der Waals surface area contributed by atoms with Crippen molar-refractivity contribution in [1.82, 2.24) is 4.72 Å². The molecule has 0 radical (unpaired) electrons. The van der Waals surface area contributed by atoms with E-state index in [1.54, 1.807) is 30.3 Å². The van der Waals surface area contributed by atoms with Gasteiger partial charge in [-0.3, -0.25) is 9.52 Å². The zero-order valence-electron chi connectivity index (χ0n) is 15.1. The van der Waals surface area contributed by atoms with E-state index in [2.05, 4.69) is 14.8 Å². The van der Waals surface area contributed by atoms with Crippen LogP contribution in [0.2, 0.25) is 0 Å². The second-order valence-electron chi connectivity index (χ2n) is 5.74. The molecule has 0 bridgehead atoms. The molecule has 1 heterocycles. The lowest BCUT2D eigenvalue weighted by molar-refractivity contribution is 0.0991. The van der Waals surface area contributed by atoms with Crippen LogP contribution < -0.4 is 14.8 Å². The Morgan fingerprint density at radius 3 is 2.07 bits per heavy atom. The monoisotopic (exact) mass is 435 g/mol. The number of carbonyl (C=O) groups excluding carboxylic acids is 1. The van der Waals surface area contributed by atoms with Crippen molar-refractivity contribution >= 4 is 37.3 Å². The summed E-state index contributed by atoms with van der Waals surface area (Å²) < 4.78 is 58.1. The van der Waals surface area contributed by atoms with E-state index in [4.69, 9.17) is 4.42 Å². The van der Waals surface area contributed by atoms with Crippen LogP contribution in [0.25, 0.3) is 0 Å². The van der Waals surface area contributed by atoms with Crippen molar-refractivity contribution < 1.29 is 26.0 Å². The molecule has 152 valence electrons. The summed E-state index contributed by atoms with van der Waals surface area (Å²) >= 11 is 0. The summed E-state index contributed by atoms with van der Waals surface area (Å²) in [6.07, 6.45) is 0. The van der Waals surface area contributed by atoms with Crippen LogP contribution in [0.15, 0.2) is 81.1 Å². The minimum absolute atomic E-state index is 0.0640. The molecular weight excluding hydrogens is 418 g/mol. The maximum atomic E-state index is 12.5. The quantitative estimate of drug-likeness (QED) is 0.521. The number of benzene rings is 2. The zero-order valence-corrected chi connectivity index (χ0v) is 16.7. The molecule has 0 saturated heterocycles. The van der Waals surface area contributed by atoms with Crippen molar-refractivity contribution in [1.29, 1.82) is 0 Å². The van der Waals surface area contributed by atoms with Gasteiger partial charge in [-0.1, -0.05) is 30.3 Å². The molecular formula is C18H17N3O6S2. The van der Waals surface area contributed by atoms with Gasteiger partial charge in [0.25, 0.3) is 26.0 Å². The van der Waals surface area contributed by atoms with Crippen LogP contribution in [0.5, 0.6) is 0 Å². The number of anilines is 2. The Kier molecular flexibility index (Phi) is 5.73. The Balaban J connectivity index is 1.84. The summed E-state index contributed by atoms with van der Waals surface area (Å²) in [5.41, 5.74) is 0.311. The van der Waals surface area contributed by atoms with E-state index in [0.29, 0.717) is 0 Å². The first-order chi connectivity index (χ1) is 13.7. The van der Waals surface area contributed by atoms with E-state index in [1.807, 2.05) is 0 Å². The van der Waals surface area contributed by atoms with Gasteiger partial charge in [-0.2, -0.15) is 0 Å². The lowest BCUT2D eigenvalue weighted by atomic mass is 10.2. The molecule has 1 aromatic heterocycles. The van der Waals surface area contributed by atoms with Crippen molar-refractivity contribution in [3.05, 3.63) is 72.5 Å². The van der Waals surface area contributed by atoms with Gasteiger partial charge in [-0.05, 0) is 43.4 Å². The number of sulfonamides is 2. The lowest BCUT2D eigenvalue weighted by Crippen LogP contribution is -2.18. The molecule has 29 heavy (non-hydrogen) atoms. The first-order valence-electron chi connectivity index (χ1n) is 8.24. The molecule has 0 aliphatic rings. The second-order valence-corrected chi connectivity index (χ2v) is 9.24. The van der Waals surface area contributed by atoms with Gasteiger partial charge in [0.05, 0.1) is 16.3 Å². The molecule has 0 atom stereocenters. The molecule has 9 nitrogen and oxygen atoms in total. The molecule has 0 saturated carbocycles. The summed E-state index contributed by atoms with van der Waals surface area (Å²) in [4.78, 5) is 12.5. The van der Waals surface area contributed by atoms with Crippen molar-refractivity contribution in [3.8, 4) is 0 Å². The predicted molar refractivity (Wildman–Crippen MR) is 107 cm³/mol. The highest BCUT2D eigenvalue weighted by molar-refractivity contribution is 7.92. The number of hydrogen-bond donors (Lipinski definition) is 3. The predicted octanol–water partition coefficient (Wildman–Crippen LogP) is 2.24. The van der Waals surface area contributed by atoms with E-state index in [1.165, 1.54) is 37.4 Å². The van der Waals surface area contributed by atoms with Crippen molar-refractivity contribution in [2.45, 2.75) is 9.99 Å². The highest BCUT2D eigenvalue weighted by Crippen LogP contribution is 2.25. The van der Waals surface area contributed by atoms with Crippen LogP contribution in [0.1, 0.15) is 10.6 Å². The normalized spacial score (nSPS) is 11.8. The highest BCUT2D eigenvalue weighted by Gasteiger charge is 2.21. The molecule has 2 aromatic carbocycles. The van der Waals surface area contributed by atoms with E-state index in [9.17, 15) is 21.6 Å². The number of hydrogen-bond acceptors (Lipinski definition) is 6. The Labute approximate surface area is 167 Å². The van der Waals surface area contributed by atoms with Crippen molar-refractivity contribution in [2.24, 2.45) is 0 Å². The number of amides is 1. The van der Waals surface area contributed by atoms with E-state index in [-0.39, 0.29) is 22.0 Å². The van der Waals surface area contributed by atoms with Crippen LogP contribution in [0, 0.1) is 0 Å². The van der Waals surface area contributed by atoms with E-state index < -0.39 is 31.0 Å². The first-order valence-corrected chi connectivity index (χ1v) is 11.2. The van der Waals surface area contributed by atoms with Crippen LogP contribution >= 0.6 is 0 Å². The fourth-order valence-corrected chi connectivity index (χ4v) is 4.10. The molecule has 3 aromatic rings. The van der Waals surface area contributed by atoms with Gasteiger partial charge >= 0.3 is 0 Å². The molecule has 3 N–H and O–H groups in total. The maximum Gasteiger partial charge on any atom is 0.291 e.